The lowest BCUT2D eigenvalue weighted by Gasteiger charge is -2.08. The highest BCUT2D eigenvalue weighted by Crippen LogP contribution is 2.41. The zero-order valence-electron chi connectivity index (χ0n) is 11.0. The van der Waals surface area contributed by atoms with Crippen molar-refractivity contribution in [3.05, 3.63) is 46.4 Å². The van der Waals surface area contributed by atoms with E-state index in [0.717, 1.165) is 15.5 Å². The Kier molecular flexibility index (Phi) is 6.06. The standard InChI is InChI=1S/C15H11Cl2NOS2/c1-19-11-2-4-12(5-3-11)21-15-13(16)8-10(9-14(15)17)18-6-7-20/h2-9H,1H3. The summed E-state index contributed by atoms with van der Waals surface area (Å²) in [6.07, 6.45) is 1.52. The Morgan fingerprint density at radius 3 is 2.29 bits per heavy atom. The number of ether oxygens (including phenoxy) is 1. The highest BCUT2D eigenvalue weighted by molar-refractivity contribution is 7.99. The molecule has 6 heteroatoms. The fraction of sp³-hybridized carbons (Fsp3) is 0.0667. The molecule has 0 unspecified atom stereocenters. The fourth-order valence-electron chi connectivity index (χ4n) is 1.60. The van der Waals surface area contributed by atoms with E-state index in [1.165, 1.54) is 23.3 Å². The minimum atomic E-state index is 0.555. The number of nitrogens with zero attached hydrogens (tertiary/aromatic N) is 1. The van der Waals surface area contributed by atoms with Crippen LogP contribution in [0.5, 0.6) is 5.75 Å². The summed E-state index contributed by atoms with van der Waals surface area (Å²) in [6.45, 7) is 0. The number of rotatable bonds is 5. The van der Waals surface area contributed by atoms with Gasteiger partial charge in [-0.1, -0.05) is 47.2 Å². The molecule has 0 amide bonds. The average Bonchev–Trinajstić information content (AvgIpc) is 2.49. The summed E-state index contributed by atoms with van der Waals surface area (Å²) >= 11 is 18.8. The number of benzene rings is 2. The topological polar surface area (TPSA) is 21.6 Å². The number of hydrogen-bond acceptors (Lipinski definition) is 4. The van der Waals surface area contributed by atoms with E-state index in [0.29, 0.717) is 15.7 Å². The number of halogens is 2. The van der Waals surface area contributed by atoms with E-state index in [4.69, 9.17) is 40.2 Å². The van der Waals surface area contributed by atoms with Crippen LogP contribution in [0.4, 0.5) is 5.69 Å². The van der Waals surface area contributed by atoms with Gasteiger partial charge in [0.1, 0.15) is 5.75 Å². The van der Waals surface area contributed by atoms with Crippen LogP contribution in [0.2, 0.25) is 10.0 Å². The van der Waals surface area contributed by atoms with Crippen LogP contribution >= 0.6 is 47.2 Å². The normalized spacial score (nSPS) is 10.8. The molecule has 21 heavy (non-hydrogen) atoms. The van der Waals surface area contributed by atoms with Gasteiger partial charge in [-0.3, -0.25) is 4.99 Å². The van der Waals surface area contributed by atoms with Gasteiger partial charge in [0, 0.05) is 21.4 Å². The van der Waals surface area contributed by atoms with Crippen molar-refractivity contribution in [3.63, 3.8) is 0 Å². The lowest BCUT2D eigenvalue weighted by molar-refractivity contribution is 0.414. The number of hydrogen-bond donors (Lipinski definition) is 0. The second-order valence-corrected chi connectivity index (χ2v) is 6.10. The number of thiocarbonyl (C=S) groups is 1. The first-order chi connectivity index (χ1) is 10.1. The molecule has 108 valence electrons. The molecular formula is C15H11Cl2NOS2. The molecule has 2 aromatic rings. The smallest absolute Gasteiger partial charge is 0.118 e. The maximum atomic E-state index is 6.28. The molecule has 0 atom stereocenters. The van der Waals surface area contributed by atoms with Gasteiger partial charge in [0.05, 0.1) is 22.8 Å². The molecule has 0 radical (unpaired) electrons. The van der Waals surface area contributed by atoms with Crippen molar-refractivity contribution in [2.45, 2.75) is 9.79 Å². The summed E-state index contributed by atoms with van der Waals surface area (Å²) in [5.74, 6) is 0.807. The van der Waals surface area contributed by atoms with Crippen LogP contribution in [-0.2, 0) is 0 Å². The van der Waals surface area contributed by atoms with Gasteiger partial charge in [0.25, 0.3) is 0 Å². The molecular weight excluding hydrogens is 345 g/mol. The van der Waals surface area contributed by atoms with Crippen LogP contribution in [0, 0.1) is 0 Å². The summed E-state index contributed by atoms with van der Waals surface area (Å²) in [7, 11) is 1.63. The minimum absolute atomic E-state index is 0.555. The van der Waals surface area contributed by atoms with E-state index in [1.54, 1.807) is 19.2 Å². The minimum Gasteiger partial charge on any atom is -0.497 e. The lowest BCUT2D eigenvalue weighted by atomic mass is 10.3. The van der Waals surface area contributed by atoms with Crippen LogP contribution in [-0.4, -0.2) is 18.7 Å². The van der Waals surface area contributed by atoms with E-state index in [2.05, 4.69) is 4.99 Å². The lowest BCUT2D eigenvalue weighted by Crippen LogP contribution is -1.82. The van der Waals surface area contributed by atoms with Crippen LogP contribution < -0.4 is 4.74 Å². The van der Waals surface area contributed by atoms with Gasteiger partial charge in [-0.2, -0.15) is 0 Å². The van der Waals surface area contributed by atoms with Crippen LogP contribution in [0.1, 0.15) is 0 Å². The second kappa shape index (κ2) is 7.80. The molecule has 0 N–H and O–H groups in total. The molecule has 2 rings (SSSR count). The summed E-state index contributed by atoms with van der Waals surface area (Å²) < 4.78 is 5.13. The molecule has 0 heterocycles. The summed E-state index contributed by atoms with van der Waals surface area (Å²) in [5.41, 5.74) is 0.671. The van der Waals surface area contributed by atoms with Gasteiger partial charge in [0.15, 0.2) is 0 Å². The van der Waals surface area contributed by atoms with Gasteiger partial charge in [-0.25, -0.2) is 0 Å². The van der Waals surface area contributed by atoms with Gasteiger partial charge in [-0.15, -0.1) is 0 Å². The molecule has 2 nitrogen and oxygen atoms in total. The zero-order chi connectivity index (χ0) is 15.2. The largest absolute Gasteiger partial charge is 0.497 e. The molecule has 0 aliphatic heterocycles. The SMILES string of the molecule is COc1ccc(Sc2c(Cl)cc(N=CC=S)cc2Cl)cc1. The van der Waals surface area contributed by atoms with E-state index < -0.39 is 0 Å². The maximum Gasteiger partial charge on any atom is 0.118 e. The van der Waals surface area contributed by atoms with Crippen LogP contribution in [0.25, 0.3) is 0 Å². The Balaban J connectivity index is 2.26. The van der Waals surface area contributed by atoms with E-state index >= 15 is 0 Å². The molecule has 0 aromatic heterocycles. The van der Waals surface area contributed by atoms with Crippen molar-refractivity contribution in [1.82, 2.24) is 0 Å². The molecule has 0 saturated carbocycles. The third kappa shape index (κ3) is 4.45. The summed E-state index contributed by atoms with van der Waals surface area (Å²) in [5, 5.41) is 2.54. The van der Waals surface area contributed by atoms with Gasteiger partial charge < -0.3 is 4.74 Å². The average molecular weight is 356 g/mol. The Labute approximate surface area is 143 Å². The first-order valence-corrected chi connectivity index (χ1v) is 7.97. The Bertz CT molecular complexity index is 649. The number of aliphatic imine (C=N–C) groups is 1. The van der Waals surface area contributed by atoms with Crippen LogP contribution in [0.15, 0.2) is 51.2 Å². The van der Waals surface area contributed by atoms with Crippen molar-refractivity contribution in [1.29, 1.82) is 0 Å². The molecule has 0 aliphatic rings. The summed E-state index contributed by atoms with van der Waals surface area (Å²) in [6, 6.07) is 11.2. The molecule has 2 aromatic carbocycles. The zero-order valence-corrected chi connectivity index (χ0v) is 14.2. The molecule has 0 bridgehead atoms. The third-order valence-corrected chi connectivity index (χ3v) is 4.64. The van der Waals surface area contributed by atoms with Crippen molar-refractivity contribution in [3.8, 4) is 5.75 Å². The predicted molar refractivity (Wildman–Crippen MR) is 95.4 cm³/mol. The quantitative estimate of drug-likeness (QED) is 0.495. The highest BCUT2D eigenvalue weighted by Gasteiger charge is 2.10. The van der Waals surface area contributed by atoms with Gasteiger partial charge in [0.2, 0.25) is 0 Å². The second-order valence-electron chi connectivity index (χ2n) is 3.93. The highest BCUT2D eigenvalue weighted by atomic mass is 35.5. The Hall–Kier alpha value is -1.07. The fourth-order valence-corrected chi connectivity index (χ4v) is 3.19. The van der Waals surface area contributed by atoms with Crippen molar-refractivity contribution >= 4 is 64.5 Å². The molecule has 0 saturated heterocycles. The van der Waals surface area contributed by atoms with Gasteiger partial charge >= 0.3 is 0 Å². The van der Waals surface area contributed by atoms with Gasteiger partial charge in [-0.05, 0) is 36.4 Å². The van der Waals surface area contributed by atoms with E-state index in [-0.39, 0.29) is 0 Å². The predicted octanol–water partition coefficient (Wildman–Crippen LogP) is 5.86. The molecule has 0 aliphatic carbocycles. The Morgan fingerprint density at radius 2 is 1.76 bits per heavy atom. The summed E-state index contributed by atoms with van der Waals surface area (Å²) in [4.78, 5) is 5.96. The maximum absolute atomic E-state index is 6.28. The Morgan fingerprint density at radius 1 is 1.14 bits per heavy atom. The number of methoxy groups -OCH3 is 1. The van der Waals surface area contributed by atoms with E-state index in [9.17, 15) is 0 Å². The van der Waals surface area contributed by atoms with Crippen molar-refractivity contribution in [2.24, 2.45) is 4.99 Å². The van der Waals surface area contributed by atoms with Crippen molar-refractivity contribution in [2.75, 3.05) is 7.11 Å². The molecule has 0 spiro atoms. The monoisotopic (exact) mass is 355 g/mol. The van der Waals surface area contributed by atoms with Crippen molar-refractivity contribution < 1.29 is 4.74 Å². The first kappa shape index (κ1) is 16.3. The molecule has 0 fully saturated rings. The first-order valence-electron chi connectivity index (χ1n) is 5.93. The van der Waals surface area contributed by atoms with E-state index in [1.807, 2.05) is 24.3 Å². The third-order valence-electron chi connectivity index (χ3n) is 2.55. The van der Waals surface area contributed by atoms with Crippen LogP contribution in [0.3, 0.4) is 0 Å².